The molecule has 2 heterocycles. The van der Waals surface area contributed by atoms with E-state index in [1.807, 2.05) is 0 Å². The van der Waals surface area contributed by atoms with Crippen LogP contribution in [-0.2, 0) is 14.8 Å². The molecule has 0 bridgehead atoms. The predicted octanol–water partition coefficient (Wildman–Crippen LogP) is 2.35. The first-order chi connectivity index (χ1) is 16.4. The third-order valence-corrected chi connectivity index (χ3v) is 7.88. The predicted molar refractivity (Wildman–Crippen MR) is 126 cm³/mol. The van der Waals surface area contributed by atoms with E-state index in [1.165, 1.54) is 12.1 Å². The molecule has 8 nitrogen and oxygen atoms in total. The summed E-state index contributed by atoms with van der Waals surface area (Å²) in [4.78, 5) is 17.1. The number of benzene rings is 2. The van der Waals surface area contributed by atoms with Crippen molar-refractivity contribution in [2.45, 2.75) is 29.8 Å². The third kappa shape index (κ3) is 6.32. The first-order valence-electron chi connectivity index (χ1n) is 11.6. The van der Waals surface area contributed by atoms with Crippen molar-refractivity contribution in [2.75, 3.05) is 45.9 Å². The molecule has 0 unspecified atom stereocenters. The Balaban J connectivity index is 1.30. The van der Waals surface area contributed by atoms with Crippen molar-refractivity contribution < 1.29 is 22.3 Å². The van der Waals surface area contributed by atoms with E-state index < -0.39 is 10.0 Å². The monoisotopic (exact) mass is 490 g/mol. The van der Waals surface area contributed by atoms with Gasteiger partial charge in [-0.3, -0.25) is 4.90 Å². The van der Waals surface area contributed by atoms with Gasteiger partial charge in [0.05, 0.1) is 24.2 Å². The van der Waals surface area contributed by atoms with Crippen LogP contribution in [0.4, 0.5) is 9.18 Å². The van der Waals surface area contributed by atoms with E-state index in [-0.39, 0.29) is 28.8 Å². The van der Waals surface area contributed by atoms with Crippen molar-refractivity contribution in [1.29, 1.82) is 0 Å². The number of carbonyl (C=O) groups excluding carboxylic acids is 1. The lowest BCUT2D eigenvalue weighted by Crippen LogP contribution is -2.51. The van der Waals surface area contributed by atoms with Crippen molar-refractivity contribution in [1.82, 2.24) is 19.8 Å². The zero-order chi connectivity index (χ0) is 24.0. The lowest BCUT2D eigenvalue weighted by Gasteiger charge is -2.36. The molecule has 34 heavy (non-hydrogen) atoms. The minimum atomic E-state index is -3.58. The second-order valence-electron chi connectivity index (χ2n) is 8.60. The zero-order valence-corrected chi connectivity index (χ0v) is 19.8. The maximum Gasteiger partial charge on any atom is 0.317 e. The summed E-state index contributed by atoms with van der Waals surface area (Å²) in [6, 6.07) is 14.2. The highest BCUT2D eigenvalue weighted by Gasteiger charge is 2.28. The molecule has 2 fully saturated rings. The number of nitrogens with one attached hydrogen (secondary N) is 2. The van der Waals surface area contributed by atoms with E-state index in [4.69, 9.17) is 4.74 Å². The van der Waals surface area contributed by atoms with Crippen molar-refractivity contribution in [3.05, 3.63) is 66.0 Å². The number of rotatable bonds is 7. The molecule has 2 aromatic rings. The topological polar surface area (TPSA) is 91.0 Å². The largest absolute Gasteiger partial charge is 0.379 e. The highest BCUT2D eigenvalue weighted by molar-refractivity contribution is 7.89. The molecule has 2 N–H and O–H groups in total. The Morgan fingerprint density at radius 3 is 2.29 bits per heavy atom. The van der Waals surface area contributed by atoms with Crippen LogP contribution in [-0.4, -0.2) is 76.2 Å². The first kappa shape index (κ1) is 24.6. The molecule has 2 saturated heterocycles. The summed E-state index contributed by atoms with van der Waals surface area (Å²) in [5.41, 5.74) is 0.942. The van der Waals surface area contributed by atoms with Gasteiger partial charge in [-0.15, -0.1) is 0 Å². The van der Waals surface area contributed by atoms with Crippen LogP contribution in [0, 0.1) is 5.82 Å². The van der Waals surface area contributed by atoms with E-state index in [2.05, 4.69) is 14.9 Å². The first-order valence-corrected chi connectivity index (χ1v) is 13.1. The van der Waals surface area contributed by atoms with Gasteiger partial charge in [0, 0.05) is 38.8 Å². The number of piperidine rings is 1. The van der Waals surface area contributed by atoms with Gasteiger partial charge in [0.15, 0.2) is 0 Å². The minimum Gasteiger partial charge on any atom is -0.379 e. The lowest BCUT2D eigenvalue weighted by molar-refractivity contribution is 0.0164. The summed E-state index contributed by atoms with van der Waals surface area (Å²) in [6.07, 6.45) is 1.09. The summed E-state index contributed by atoms with van der Waals surface area (Å²) in [6.45, 7) is 4.05. The SMILES string of the molecule is O=C(NC[C@H](c1ccc(F)cc1)N1CCOCC1)N1CCC(NS(=O)(=O)c2ccccc2)CC1. The number of ether oxygens (including phenoxy) is 1. The number of carbonyl (C=O) groups is 1. The van der Waals surface area contributed by atoms with E-state index >= 15 is 0 Å². The van der Waals surface area contributed by atoms with Gasteiger partial charge in [-0.25, -0.2) is 22.3 Å². The fourth-order valence-electron chi connectivity index (χ4n) is 4.42. The average molecular weight is 491 g/mol. The van der Waals surface area contributed by atoms with Crippen LogP contribution in [0.3, 0.4) is 0 Å². The molecule has 0 radical (unpaired) electrons. The molecule has 2 amide bonds. The fourth-order valence-corrected chi connectivity index (χ4v) is 5.74. The van der Waals surface area contributed by atoms with Crippen LogP contribution in [0.5, 0.6) is 0 Å². The highest BCUT2D eigenvalue weighted by atomic mass is 32.2. The molecule has 0 saturated carbocycles. The number of halogens is 1. The van der Waals surface area contributed by atoms with Crippen LogP contribution in [0.15, 0.2) is 59.5 Å². The van der Waals surface area contributed by atoms with Gasteiger partial charge in [-0.1, -0.05) is 30.3 Å². The molecule has 4 rings (SSSR count). The third-order valence-electron chi connectivity index (χ3n) is 6.35. The van der Waals surface area contributed by atoms with Gasteiger partial charge in [0.1, 0.15) is 5.82 Å². The average Bonchev–Trinajstić information content (AvgIpc) is 2.86. The van der Waals surface area contributed by atoms with Crippen LogP contribution in [0.2, 0.25) is 0 Å². The summed E-state index contributed by atoms with van der Waals surface area (Å²) in [7, 11) is -3.58. The zero-order valence-electron chi connectivity index (χ0n) is 19.0. The van der Waals surface area contributed by atoms with Crippen molar-refractivity contribution in [2.24, 2.45) is 0 Å². The van der Waals surface area contributed by atoms with Gasteiger partial charge in [-0.05, 0) is 42.7 Å². The van der Waals surface area contributed by atoms with Crippen LogP contribution in [0.1, 0.15) is 24.4 Å². The molecule has 2 aliphatic rings. The molecule has 1 atom stereocenters. The van der Waals surface area contributed by atoms with Gasteiger partial charge >= 0.3 is 6.03 Å². The molecule has 2 aliphatic heterocycles. The van der Waals surface area contributed by atoms with Gasteiger partial charge in [-0.2, -0.15) is 0 Å². The number of amides is 2. The van der Waals surface area contributed by atoms with E-state index in [0.29, 0.717) is 45.7 Å². The minimum absolute atomic E-state index is 0.0799. The van der Waals surface area contributed by atoms with E-state index in [0.717, 1.165) is 18.7 Å². The molecule has 2 aromatic carbocycles. The van der Waals surface area contributed by atoms with Crippen molar-refractivity contribution >= 4 is 16.1 Å². The summed E-state index contributed by atoms with van der Waals surface area (Å²) in [5, 5.41) is 3.02. The number of urea groups is 1. The van der Waals surface area contributed by atoms with Crippen molar-refractivity contribution in [3.8, 4) is 0 Å². The van der Waals surface area contributed by atoms with E-state index in [1.54, 1.807) is 47.4 Å². The molecule has 184 valence electrons. The molecule has 0 aliphatic carbocycles. The molecule has 0 aromatic heterocycles. The Labute approximate surface area is 200 Å². The molecular weight excluding hydrogens is 459 g/mol. The Morgan fingerprint density at radius 2 is 1.65 bits per heavy atom. The maximum absolute atomic E-state index is 13.4. The lowest BCUT2D eigenvalue weighted by atomic mass is 10.0. The number of sulfonamides is 1. The molecular formula is C24H31FN4O4S. The summed E-state index contributed by atoms with van der Waals surface area (Å²) >= 11 is 0. The standard InChI is InChI=1S/C24H31FN4O4S/c25-20-8-6-19(7-9-20)23(28-14-16-33-17-15-28)18-26-24(30)29-12-10-21(11-13-29)27-34(31,32)22-4-2-1-3-5-22/h1-9,21,23,27H,10-18H2,(H,26,30)/t23-/m1/s1. The number of nitrogens with zero attached hydrogens (tertiary/aromatic N) is 2. The maximum atomic E-state index is 13.4. The Morgan fingerprint density at radius 1 is 1.00 bits per heavy atom. The quantitative estimate of drug-likeness (QED) is 0.622. The van der Waals surface area contributed by atoms with Gasteiger partial charge < -0.3 is 15.0 Å². The van der Waals surface area contributed by atoms with Crippen LogP contribution >= 0.6 is 0 Å². The molecule has 0 spiro atoms. The Kier molecular flexibility index (Phi) is 8.15. The summed E-state index contributed by atoms with van der Waals surface area (Å²) in [5.74, 6) is -0.292. The number of likely N-dealkylation sites (tertiary alicyclic amines) is 1. The second-order valence-corrected chi connectivity index (χ2v) is 10.3. The normalized spacial score (nSPS) is 19.0. The smallest absolute Gasteiger partial charge is 0.317 e. The van der Waals surface area contributed by atoms with E-state index in [9.17, 15) is 17.6 Å². The Hall–Kier alpha value is -2.53. The molecule has 10 heteroatoms. The summed E-state index contributed by atoms with van der Waals surface area (Å²) < 4.78 is 46.8. The number of morpholine rings is 1. The van der Waals surface area contributed by atoms with Gasteiger partial charge in [0.25, 0.3) is 0 Å². The number of hydrogen-bond acceptors (Lipinski definition) is 5. The second kappa shape index (κ2) is 11.3. The Bertz CT molecular complexity index is 1040. The van der Waals surface area contributed by atoms with Crippen LogP contribution < -0.4 is 10.0 Å². The van der Waals surface area contributed by atoms with Crippen molar-refractivity contribution in [3.63, 3.8) is 0 Å². The van der Waals surface area contributed by atoms with Crippen LogP contribution in [0.25, 0.3) is 0 Å². The highest BCUT2D eigenvalue weighted by Crippen LogP contribution is 2.22. The van der Waals surface area contributed by atoms with Gasteiger partial charge in [0.2, 0.25) is 10.0 Å². The number of hydrogen-bond donors (Lipinski definition) is 2. The fraction of sp³-hybridized carbons (Fsp3) is 0.458.